The topological polar surface area (TPSA) is 80.4 Å². The number of nitrogens with zero attached hydrogens (tertiary/aromatic N) is 4. The number of halogens is 3. The fourth-order valence-electron chi connectivity index (χ4n) is 4.57. The number of rotatable bonds is 5. The first-order valence-corrected chi connectivity index (χ1v) is 11.2. The molecule has 1 saturated heterocycles. The molecule has 2 aliphatic rings. The average Bonchev–Trinajstić information content (AvgIpc) is 3.33. The molecule has 2 aromatic carbocycles. The zero-order chi connectivity index (χ0) is 24.6. The van der Waals surface area contributed by atoms with Crippen LogP contribution in [-0.2, 0) is 19.3 Å². The Morgan fingerprint density at radius 3 is 2.77 bits per heavy atom. The summed E-state index contributed by atoms with van der Waals surface area (Å²) in [6.07, 6.45) is -1.37. The van der Waals surface area contributed by atoms with E-state index in [1.807, 2.05) is 6.07 Å². The number of hydrogen-bond donors (Lipinski definition) is 0. The second kappa shape index (κ2) is 8.98. The lowest BCUT2D eigenvalue weighted by Gasteiger charge is -2.34. The fourth-order valence-corrected chi connectivity index (χ4v) is 4.57. The van der Waals surface area contributed by atoms with Gasteiger partial charge in [-0.25, -0.2) is 4.79 Å². The van der Waals surface area contributed by atoms with E-state index in [4.69, 9.17) is 9.47 Å². The van der Waals surface area contributed by atoms with E-state index in [9.17, 15) is 23.2 Å². The monoisotopic (exact) mass is 482 g/mol. The van der Waals surface area contributed by atoms with Gasteiger partial charge >= 0.3 is 11.9 Å². The van der Waals surface area contributed by atoms with Crippen LogP contribution in [0.5, 0.6) is 17.4 Å². The quantitative estimate of drug-likeness (QED) is 0.516. The minimum atomic E-state index is -4.50. The SMILES string of the molecule is N#Cc1cc(COc2cc3n(c(=O)n2)CCC2CCCN32)ccc1Oc1cccc(C(F)(F)F)c1. The second-order valence-corrected chi connectivity index (χ2v) is 8.52. The van der Waals surface area contributed by atoms with E-state index in [1.54, 1.807) is 16.7 Å². The molecule has 0 spiro atoms. The molecule has 0 bridgehead atoms. The van der Waals surface area contributed by atoms with E-state index < -0.39 is 11.7 Å². The van der Waals surface area contributed by atoms with Crippen molar-refractivity contribution in [1.82, 2.24) is 9.55 Å². The third-order valence-corrected chi connectivity index (χ3v) is 6.26. The predicted molar refractivity (Wildman–Crippen MR) is 120 cm³/mol. The van der Waals surface area contributed by atoms with Gasteiger partial charge in [-0.2, -0.15) is 23.4 Å². The van der Waals surface area contributed by atoms with E-state index in [2.05, 4.69) is 9.88 Å². The van der Waals surface area contributed by atoms with Crippen LogP contribution in [-0.4, -0.2) is 22.1 Å². The Hall–Kier alpha value is -4.00. The van der Waals surface area contributed by atoms with Crippen molar-refractivity contribution in [2.75, 3.05) is 11.4 Å². The van der Waals surface area contributed by atoms with E-state index in [-0.39, 0.29) is 35.2 Å². The van der Waals surface area contributed by atoms with Gasteiger partial charge in [-0.3, -0.25) is 4.57 Å². The van der Waals surface area contributed by atoms with E-state index in [0.29, 0.717) is 18.2 Å². The van der Waals surface area contributed by atoms with Crippen molar-refractivity contribution in [3.05, 3.63) is 75.7 Å². The van der Waals surface area contributed by atoms with Crippen LogP contribution in [0.1, 0.15) is 36.0 Å². The third kappa shape index (κ3) is 4.67. The number of hydrogen-bond acceptors (Lipinski definition) is 6. The van der Waals surface area contributed by atoms with Crippen molar-refractivity contribution in [3.63, 3.8) is 0 Å². The molecule has 0 amide bonds. The molecule has 2 aliphatic heterocycles. The van der Waals surface area contributed by atoms with Crippen LogP contribution in [0.25, 0.3) is 0 Å². The van der Waals surface area contributed by atoms with Gasteiger partial charge in [-0.15, -0.1) is 0 Å². The maximum absolute atomic E-state index is 13.0. The summed E-state index contributed by atoms with van der Waals surface area (Å²) in [5.74, 6) is 1.12. The van der Waals surface area contributed by atoms with Gasteiger partial charge in [0.2, 0.25) is 5.88 Å². The Labute approximate surface area is 199 Å². The molecule has 0 aliphatic carbocycles. The van der Waals surface area contributed by atoms with Gasteiger partial charge in [-0.05, 0) is 55.2 Å². The number of alkyl halides is 3. The molecule has 1 unspecified atom stereocenters. The molecule has 10 heteroatoms. The predicted octanol–water partition coefficient (Wildman–Crippen LogP) is 4.88. The number of ether oxygens (including phenoxy) is 2. The zero-order valence-electron chi connectivity index (χ0n) is 18.6. The first-order chi connectivity index (χ1) is 16.8. The molecular weight excluding hydrogens is 461 g/mol. The molecule has 180 valence electrons. The second-order valence-electron chi connectivity index (χ2n) is 8.52. The van der Waals surface area contributed by atoms with Crippen molar-refractivity contribution in [1.29, 1.82) is 5.26 Å². The molecule has 1 fully saturated rings. The molecule has 7 nitrogen and oxygen atoms in total. The van der Waals surface area contributed by atoms with Crippen LogP contribution >= 0.6 is 0 Å². The van der Waals surface area contributed by atoms with Gasteiger partial charge in [0.05, 0.1) is 11.1 Å². The summed E-state index contributed by atoms with van der Waals surface area (Å²) in [5, 5.41) is 9.53. The van der Waals surface area contributed by atoms with Crippen molar-refractivity contribution >= 4 is 5.82 Å². The summed E-state index contributed by atoms with van der Waals surface area (Å²) in [5.41, 5.74) is -0.434. The number of aromatic nitrogens is 2. The van der Waals surface area contributed by atoms with E-state index in [0.717, 1.165) is 43.8 Å². The number of benzene rings is 2. The molecule has 0 N–H and O–H groups in total. The third-order valence-electron chi connectivity index (χ3n) is 6.26. The lowest BCUT2D eigenvalue weighted by molar-refractivity contribution is -0.137. The summed E-state index contributed by atoms with van der Waals surface area (Å²) >= 11 is 0. The highest BCUT2D eigenvalue weighted by Crippen LogP contribution is 2.34. The Morgan fingerprint density at radius 1 is 1.11 bits per heavy atom. The Bertz CT molecular complexity index is 1360. The Morgan fingerprint density at radius 2 is 1.97 bits per heavy atom. The van der Waals surface area contributed by atoms with Gasteiger partial charge in [0.25, 0.3) is 0 Å². The molecular formula is C25H21F3N4O3. The van der Waals surface area contributed by atoms with E-state index in [1.165, 1.54) is 24.3 Å². The number of anilines is 1. The first kappa shape index (κ1) is 22.8. The van der Waals surface area contributed by atoms with Gasteiger partial charge in [0, 0.05) is 25.2 Å². The molecule has 0 radical (unpaired) electrons. The number of fused-ring (bicyclic) bond motifs is 3. The summed E-state index contributed by atoms with van der Waals surface area (Å²) in [7, 11) is 0. The standard InChI is InChI=1S/C25H21F3N4O3/c26-25(27,28)18-3-1-5-20(12-18)35-21-7-6-16(11-17(21)14-29)15-34-22-13-23-31-9-2-4-19(31)8-10-32(23)24(33)30-22/h1,3,5-7,11-13,19H,2,4,8-10,15H2. The highest BCUT2D eigenvalue weighted by Gasteiger charge is 2.32. The molecule has 0 saturated carbocycles. The highest BCUT2D eigenvalue weighted by atomic mass is 19.4. The number of nitriles is 1. The maximum Gasteiger partial charge on any atom is 0.416 e. The molecule has 5 rings (SSSR count). The van der Waals surface area contributed by atoms with Crippen LogP contribution in [0.4, 0.5) is 19.0 Å². The lowest BCUT2D eigenvalue weighted by atomic mass is 10.1. The van der Waals surface area contributed by atoms with Crippen molar-refractivity contribution in [3.8, 4) is 23.4 Å². The van der Waals surface area contributed by atoms with Crippen LogP contribution in [0.3, 0.4) is 0 Å². The van der Waals surface area contributed by atoms with Crippen LogP contribution < -0.4 is 20.1 Å². The Kier molecular flexibility index (Phi) is 5.84. The molecule has 3 aromatic rings. The first-order valence-electron chi connectivity index (χ1n) is 11.2. The highest BCUT2D eigenvalue weighted by molar-refractivity contribution is 5.48. The van der Waals surface area contributed by atoms with Gasteiger partial charge < -0.3 is 14.4 Å². The van der Waals surface area contributed by atoms with Crippen LogP contribution in [0.15, 0.2) is 53.3 Å². The summed E-state index contributed by atoms with van der Waals surface area (Å²) < 4.78 is 51.9. The zero-order valence-corrected chi connectivity index (χ0v) is 18.6. The minimum absolute atomic E-state index is 0.0284. The van der Waals surface area contributed by atoms with Crippen LogP contribution in [0.2, 0.25) is 0 Å². The van der Waals surface area contributed by atoms with E-state index >= 15 is 0 Å². The summed E-state index contributed by atoms with van der Waals surface area (Å²) in [4.78, 5) is 18.8. The average molecular weight is 482 g/mol. The normalized spacial score (nSPS) is 16.9. The Balaban J connectivity index is 1.32. The molecule has 3 heterocycles. The lowest BCUT2D eigenvalue weighted by Crippen LogP contribution is -2.41. The van der Waals surface area contributed by atoms with Gasteiger partial charge in [-0.1, -0.05) is 12.1 Å². The molecule has 1 atom stereocenters. The van der Waals surface area contributed by atoms with Crippen LogP contribution in [0, 0.1) is 11.3 Å². The fraction of sp³-hybridized carbons (Fsp3) is 0.320. The minimum Gasteiger partial charge on any atom is -0.473 e. The maximum atomic E-state index is 13.0. The summed E-state index contributed by atoms with van der Waals surface area (Å²) in [6, 6.07) is 13.3. The largest absolute Gasteiger partial charge is 0.473 e. The van der Waals surface area contributed by atoms with Gasteiger partial charge in [0.15, 0.2) is 0 Å². The van der Waals surface area contributed by atoms with Gasteiger partial charge in [0.1, 0.15) is 30.0 Å². The smallest absolute Gasteiger partial charge is 0.416 e. The van der Waals surface area contributed by atoms with Crippen molar-refractivity contribution in [2.45, 2.75) is 44.6 Å². The van der Waals surface area contributed by atoms with Crippen molar-refractivity contribution in [2.24, 2.45) is 0 Å². The molecule has 1 aromatic heterocycles. The molecule has 35 heavy (non-hydrogen) atoms. The summed E-state index contributed by atoms with van der Waals surface area (Å²) in [6.45, 7) is 1.59. The van der Waals surface area contributed by atoms with Crippen molar-refractivity contribution < 1.29 is 22.6 Å².